The van der Waals surface area contributed by atoms with E-state index in [-0.39, 0.29) is 17.2 Å². The molecule has 2 rings (SSSR count). The molecule has 108 valence electrons. The van der Waals surface area contributed by atoms with Crippen molar-refractivity contribution in [1.82, 2.24) is 9.88 Å². The fourth-order valence-electron chi connectivity index (χ4n) is 2.12. The summed E-state index contributed by atoms with van der Waals surface area (Å²) in [5.74, 6) is -0.380. The van der Waals surface area contributed by atoms with Gasteiger partial charge in [0.25, 0.3) is 11.6 Å². The van der Waals surface area contributed by atoms with Crippen LogP contribution in [0.15, 0.2) is 42.7 Å². The maximum Gasteiger partial charge on any atom is 0.285 e. The van der Waals surface area contributed by atoms with Crippen molar-refractivity contribution < 1.29 is 9.72 Å². The first-order valence-electron chi connectivity index (χ1n) is 6.39. The standard InChI is InChI=1S/C15H15N3O3/c1-11-5-3-7-13(14(11)18(20)21)15(19)17(2)10-12-6-4-8-16-9-12/h3-9H,10H2,1-2H3. The molecule has 0 spiro atoms. The lowest BCUT2D eigenvalue weighted by Crippen LogP contribution is -2.27. The van der Waals surface area contributed by atoms with Crippen molar-refractivity contribution in [3.8, 4) is 0 Å². The number of benzene rings is 1. The topological polar surface area (TPSA) is 76.3 Å². The van der Waals surface area contributed by atoms with Gasteiger partial charge in [-0.15, -0.1) is 0 Å². The van der Waals surface area contributed by atoms with E-state index in [1.165, 1.54) is 11.0 Å². The summed E-state index contributed by atoms with van der Waals surface area (Å²) in [6.07, 6.45) is 3.31. The highest BCUT2D eigenvalue weighted by Gasteiger charge is 2.24. The molecule has 0 bridgehead atoms. The molecule has 6 nitrogen and oxygen atoms in total. The largest absolute Gasteiger partial charge is 0.337 e. The molecule has 0 radical (unpaired) electrons. The predicted molar refractivity (Wildman–Crippen MR) is 77.9 cm³/mol. The second-order valence-electron chi connectivity index (χ2n) is 4.75. The van der Waals surface area contributed by atoms with Crippen molar-refractivity contribution in [2.24, 2.45) is 0 Å². The molecular weight excluding hydrogens is 270 g/mol. The first-order valence-corrected chi connectivity index (χ1v) is 6.39. The SMILES string of the molecule is Cc1cccc(C(=O)N(C)Cc2cccnc2)c1[N+](=O)[O-]. The lowest BCUT2D eigenvalue weighted by molar-refractivity contribution is -0.385. The van der Waals surface area contributed by atoms with Crippen LogP contribution in [0.5, 0.6) is 0 Å². The maximum atomic E-state index is 12.4. The van der Waals surface area contributed by atoms with Crippen LogP contribution in [0.2, 0.25) is 0 Å². The molecule has 1 amide bonds. The Hall–Kier alpha value is -2.76. The Morgan fingerprint density at radius 1 is 1.33 bits per heavy atom. The number of para-hydroxylation sites is 1. The Morgan fingerprint density at radius 3 is 2.71 bits per heavy atom. The number of amides is 1. The average Bonchev–Trinajstić information content (AvgIpc) is 2.46. The molecule has 0 aliphatic rings. The molecule has 1 aromatic carbocycles. The van der Waals surface area contributed by atoms with Crippen LogP contribution >= 0.6 is 0 Å². The van der Waals surface area contributed by atoms with Gasteiger partial charge in [0.05, 0.1) is 4.92 Å². The van der Waals surface area contributed by atoms with Gasteiger partial charge >= 0.3 is 0 Å². The lowest BCUT2D eigenvalue weighted by atomic mass is 10.1. The molecule has 2 aromatic rings. The summed E-state index contributed by atoms with van der Waals surface area (Å²) in [7, 11) is 1.61. The molecule has 1 heterocycles. The second kappa shape index (κ2) is 6.13. The highest BCUT2D eigenvalue weighted by molar-refractivity contribution is 5.98. The zero-order chi connectivity index (χ0) is 15.4. The second-order valence-corrected chi connectivity index (χ2v) is 4.75. The number of aryl methyl sites for hydroxylation is 1. The minimum Gasteiger partial charge on any atom is -0.337 e. The van der Waals surface area contributed by atoms with E-state index in [1.807, 2.05) is 6.07 Å². The fraction of sp³-hybridized carbons (Fsp3) is 0.200. The summed E-state index contributed by atoms with van der Waals surface area (Å²) in [5.41, 5.74) is 1.30. The Labute approximate surface area is 122 Å². The Morgan fingerprint density at radius 2 is 2.10 bits per heavy atom. The van der Waals surface area contributed by atoms with E-state index in [9.17, 15) is 14.9 Å². The van der Waals surface area contributed by atoms with Gasteiger partial charge < -0.3 is 4.90 Å². The van der Waals surface area contributed by atoms with Crippen molar-refractivity contribution in [2.45, 2.75) is 13.5 Å². The number of aromatic nitrogens is 1. The van der Waals surface area contributed by atoms with Gasteiger partial charge in [0.15, 0.2) is 0 Å². The number of carbonyl (C=O) groups excluding carboxylic acids is 1. The number of carbonyl (C=O) groups is 1. The molecular formula is C15H15N3O3. The summed E-state index contributed by atoms with van der Waals surface area (Å²) in [5, 5.41) is 11.2. The van der Waals surface area contributed by atoms with Gasteiger partial charge in [-0.05, 0) is 24.6 Å². The van der Waals surface area contributed by atoms with Gasteiger partial charge in [-0.3, -0.25) is 19.9 Å². The molecule has 1 aromatic heterocycles. The zero-order valence-electron chi connectivity index (χ0n) is 11.8. The van der Waals surface area contributed by atoms with Gasteiger partial charge in [0, 0.05) is 31.5 Å². The third-order valence-electron chi connectivity index (χ3n) is 3.14. The Bertz CT molecular complexity index is 671. The molecule has 6 heteroatoms. The van der Waals surface area contributed by atoms with E-state index >= 15 is 0 Å². The monoisotopic (exact) mass is 285 g/mol. The molecule has 0 aliphatic heterocycles. The minimum atomic E-state index is -0.513. The van der Waals surface area contributed by atoms with Crippen LogP contribution in [0.3, 0.4) is 0 Å². The third kappa shape index (κ3) is 3.22. The van der Waals surface area contributed by atoms with E-state index in [0.717, 1.165) is 5.56 Å². The number of nitrogens with zero attached hydrogens (tertiary/aromatic N) is 3. The molecule has 0 N–H and O–H groups in total. The van der Waals surface area contributed by atoms with Crippen LogP contribution in [0.1, 0.15) is 21.5 Å². The Kier molecular flexibility index (Phi) is 4.27. The number of nitro groups is 1. The molecule has 0 atom stereocenters. The normalized spacial score (nSPS) is 10.2. The van der Waals surface area contributed by atoms with E-state index in [0.29, 0.717) is 12.1 Å². The summed E-state index contributed by atoms with van der Waals surface area (Å²) in [4.78, 5) is 28.5. The van der Waals surface area contributed by atoms with Crippen LogP contribution < -0.4 is 0 Å². The number of rotatable bonds is 4. The summed E-state index contributed by atoms with van der Waals surface area (Å²) >= 11 is 0. The molecule has 0 saturated carbocycles. The van der Waals surface area contributed by atoms with E-state index in [2.05, 4.69) is 4.98 Å². The van der Waals surface area contributed by atoms with Crippen molar-refractivity contribution in [3.63, 3.8) is 0 Å². The molecule has 0 saturated heterocycles. The van der Waals surface area contributed by atoms with Crippen LogP contribution in [0.4, 0.5) is 5.69 Å². The van der Waals surface area contributed by atoms with Gasteiger partial charge in [-0.25, -0.2) is 0 Å². The van der Waals surface area contributed by atoms with Gasteiger partial charge in [0.2, 0.25) is 0 Å². The average molecular weight is 285 g/mol. The highest BCUT2D eigenvalue weighted by atomic mass is 16.6. The van der Waals surface area contributed by atoms with Crippen molar-refractivity contribution in [1.29, 1.82) is 0 Å². The quantitative estimate of drug-likeness (QED) is 0.639. The third-order valence-corrected chi connectivity index (χ3v) is 3.14. The number of pyridine rings is 1. The van der Waals surface area contributed by atoms with Crippen LogP contribution in [-0.2, 0) is 6.54 Å². The Balaban J connectivity index is 2.28. The molecule has 21 heavy (non-hydrogen) atoms. The van der Waals surface area contributed by atoms with Gasteiger partial charge in [-0.2, -0.15) is 0 Å². The first kappa shape index (κ1) is 14.6. The molecule has 0 aliphatic carbocycles. The van der Waals surface area contributed by atoms with Crippen LogP contribution in [-0.4, -0.2) is 27.8 Å². The number of nitro benzene ring substituents is 1. The minimum absolute atomic E-state index is 0.103. The van der Waals surface area contributed by atoms with Gasteiger partial charge in [0.1, 0.15) is 5.56 Å². The van der Waals surface area contributed by atoms with Crippen molar-refractivity contribution >= 4 is 11.6 Å². The van der Waals surface area contributed by atoms with E-state index in [4.69, 9.17) is 0 Å². The zero-order valence-corrected chi connectivity index (χ0v) is 11.8. The highest BCUT2D eigenvalue weighted by Crippen LogP contribution is 2.24. The van der Waals surface area contributed by atoms with Crippen molar-refractivity contribution in [2.75, 3.05) is 7.05 Å². The molecule has 0 fully saturated rings. The van der Waals surface area contributed by atoms with Crippen LogP contribution in [0, 0.1) is 17.0 Å². The summed E-state index contributed by atoms with van der Waals surface area (Å²) in [6.45, 7) is 1.97. The first-order chi connectivity index (χ1) is 10.0. The maximum absolute atomic E-state index is 12.4. The lowest BCUT2D eigenvalue weighted by Gasteiger charge is -2.17. The summed E-state index contributed by atoms with van der Waals surface area (Å²) < 4.78 is 0. The van der Waals surface area contributed by atoms with E-state index < -0.39 is 4.92 Å². The predicted octanol–water partition coefficient (Wildman–Crippen LogP) is 2.57. The van der Waals surface area contributed by atoms with Crippen molar-refractivity contribution in [3.05, 3.63) is 69.5 Å². The molecule has 0 unspecified atom stereocenters. The number of hydrogen-bond acceptors (Lipinski definition) is 4. The number of hydrogen-bond donors (Lipinski definition) is 0. The summed E-state index contributed by atoms with van der Waals surface area (Å²) in [6, 6.07) is 8.38. The van der Waals surface area contributed by atoms with E-state index in [1.54, 1.807) is 44.6 Å². The smallest absolute Gasteiger partial charge is 0.285 e. The fourth-order valence-corrected chi connectivity index (χ4v) is 2.12. The van der Waals surface area contributed by atoms with Crippen LogP contribution in [0.25, 0.3) is 0 Å². The van der Waals surface area contributed by atoms with Gasteiger partial charge in [-0.1, -0.05) is 18.2 Å².